The molecule has 5 aliphatic rings. The minimum atomic E-state index is -1.59. The molecule has 46 heavy (non-hydrogen) atoms. The Morgan fingerprint density at radius 1 is 0.935 bits per heavy atom. The van der Waals surface area contributed by atoms with Crippen LogP contribution in [-0.2, 0) is 9.47 Å². The average Bonchev–Trinajstić information content (AvgIpc) is 3.36. The minimum absolute atomic E-state index is 0.102. The van der Waals surface area contributed by atoms with Crippen molar-refractivity contribution in [2.24, 2.45) is 45.3 Å². The zero-order valence-electron chi connectivity index (χ0n) is 29.0. The summed E-state index contributed by atoms with van der Waals surface area (Å²) in [5, 5.41) is 87.7. The van der Waals surface area contributed by atoms with Crippen LogP contribution < -0.4 is 0 Å². The second-order valence-corrected chi connectivity index (χ2v) is 17.5. The SMILES string of the molecule is C=C(C)[C@H](O)CC[C@@](C)(O[C@@H]1O[C@H](CO)[C@@H](O)[C@H](O)[C@H]1O)[C@H]1CC[C@]2(C)[C@@H]1[C@H](O)C[C@@H]1[C@@]3(C)CC[C@H](O)C(C)(C)[C@@H]3[C@@H](O)C[C@]12C. The number of hydrogen-bond donors (Lipinski definition) is 8. The number of ether oxygens (including phenoxy) is 2. The highest BCUT2D eigenvalue weighted by atomic mass is 16.7. The molecule has 4 saturated carbocycles. The molecule has 0 aromatic carbocycles. The molecular weight excluding hydrogens is 592 g/mol. The summed E-state index contributed by atoms with van der Waals surface area (Å²) in [6.45, 7) is 18.0. The molecule has 0 spiro atoms. The van der Waals surface area contributed by atoms with Crippen LogP contribution in [0.2, 0.25) is 0 Å². The lowest BCUT2D eigenvalue weighted by Crippen LogP contribution is -2.70. The van der Waals surface area contributed by atoms with Gasteiger partial charge >= 0.3 is 0 Å². The first-order valence-electron chi connectivity index (χ1n) is 17.6. The third-order valence-corrected chi connectivity index (χ3v) is 14.8. The van der Waals surface area contributed by atoms with E-state index in [-0.39, 0.29) is 39.9 Å². The van der Waals surface area contributed by atoms with Crippen LogP contribution in [0.25, 0.3) is 0 Å². The molecule has 0 aromatic heterocycles. The lowest BCUT2D eigenvalue weighted by Gasteiger charge is -2.71. The van der Waals surface area contributed by atoms with Crippen molar-refractivity contribution in [3.8, 4) is 0 Å². The zero-order valence-corrected chi connectivity index (χ0v) is 29.0. The van der Waals surface area contributed by atoms with Gasteiger partial charge in [0.1, 0.15) is 24.4 Å². The van der Waals surface area contributed by atoms with Crippen molar-refractivity contribution < 1.29 is 50.3 Å². The molecule has 0 radical (unpaired) electrons. The van der Waals surface area contributed by atoms with E-state index in [0.717, 1.165) is 12.8 Å². The van der Waals surface area contributed by atoms with Gasteiger partial charge in [-0.05, 0) is 111 Å². The molecule has 1 aliphatic heterocycles. The third kappa shape index (κ3) is 5.37. The number of fused-ring (bicyclic) bond motifs is 5. The summed E-state index contributed by atoms with van der Waals surface area (Å²) in [5.41, 5.74) is -1.88. The predicted octanol–water partition coefficient (Wildman–Crippen LogP) is 2.27. The molecule has 8 N–H and O–H groups in total. The zero-order chi connectivity index (χ0) is 34.4. The fraction of sp³-hybridized carbons (Fsp3) is 0.944. The minimum Gasteiger partial charge on any atom is -0.394 e. The third-order valence-electron chi connectivity index (χ3n) is 14.8. The summed E-state index contributed by atoms with van der Waals surface area (Å²) in [6.07, 6.45) is -5.04. The van der Waals surface area contributed by atoms with Crippen molar-refractivity contribution in [2.75, 3.05) is 6.61 Å². The Morgan fingerprint density at radius 2 is 1.59 bits per heavy atom. The van der Waals surface area contributed by atoms with Gasteiger partial charge in [-0.1, -0.05) is 46.8 Å². The van der Waals surface area contributed by atoms with E-state index in [1.54, 1.807) is 6.92 Å². The Hall–Kier alpha value is -0.660. The van der Waals surface area contributed by atoms with E-state index in [1.165, 1.54) is 0 Å². The van der Waals surface area contributed by atoms with E-state index in [0.29, 0.717) is 44.1 Å². The summed E-state index contributed by atoms with van der Waals surface area (Å²) < 4.78 is 12.5. The van der Waals surface area contributed by atoms with Crippen molar-refractivity contribution in [3.05, 3.63) is 12.2 Å². The molecule has 1 heterocycles. The molecule has 0 bridgehead atoms. The van der Waals surface area contributed by atoms with Gasteiger partial charge in [0.05, 0.1) is 36.6 Å². The first kappa shape index (κ1) is 36.6. The summed E-state index contributed by atoms with van der Waals surface area (Å²) in [5.74, 6) is -0.449. The normalized spacial score (nSPS) is 52.2. The maximum atomic E-state index is 12.2. The first-order chi connectivity index (χ1) is 21.2. The first-order valence-corrected chi connectivity index (χ1v) is 17.6. The van der Waals surface area contributed by atoms with Crippen LogP contribution in [0.5, 0.6) is 0 Å². The highest BCUT2D eigenvalue weighted by Crippen LogP contribution is 2.76. The summed E-state index contributed by atoms with van der Waals surface area (Å²) in [7, 11) is 0. The van der Waals surface area contributed by atoms with Gasteiger partial charge in [-0.2, -0.15) is 0 Å². The maximum Gasteiger partial charge on any atom is 0.187 e. The van der Waals surface area contributed by atoms with Crippen molar-refractivity contribution in [3.63, 3.8) is 0 Å². The molecule has 10 heteroatoms. The number of aliphatic hydroxyl groups excluding tert-OH is 8. The Balaban J connectivity index is 1.51. The standard InChI is InChI=1S/C36H62O10/c1-18(2)20(38)10-14-36(8,46-31-29(44)28(43)27(42)23(17-37)45-31)19-9-13-34(6)26(19)21(39)15-24-33(5)12-11-25(41)32(3,4)30(33)22(40)16-35(24,34)7/h19-31,37-44H,1,9-17H2,2-8H3/t19-,20+,21+,22-,23+,24+,25-,26-,27+,28-,29+,30-,31-,33+,34+,35+,36+/m0/s1. The molecule has 0 amide bonds. The summed E-state index contributed by atoms with van der Waals surface area (Å²) in [4.78, 5) is 0. The van der Waals surface area contributed by atoms with Crippen LogP contribution in [0.15, 0.2) is 12.2 Å². The Kier molecular flexibility index (Phi) is 9.78. The van der Waals surface area contributed by atoms with Crippen LogP contribution in [0.1, 0.15) is 99.8 Å². The molecule has 5 fully saturated rings. The van der Waals surface area contributed by atoms with Crippen LogP contribution in [0, 0.1) is 45.3 Å². The molecule has 10 nitrogen and oxygen atoms in total. The Labute approximate surface area is 274 Å². The van der Waals surface area contributed by atoms with Gasteiger partial charge in [0, 0.05) is 0 Å². The second kappa shape index (κ2) is 12.3. The number of aliphatic hydroxyl groups is 8. The molecule has 4 aliphatic carbocycles. The molecule has 17 atom stereocenters. The lowest BCUT2D eigenvalue weighted by molar-refractivity contribution is -0.337. The van der Waals surface area contributed by atoms with E-state index in [2.05, 4.69) is 41.2 Å². The molecule has 266 valence electrons. The molecule has 0 aromatic rings. The molecule has 5 rings (SSSR count). The largest absolute Gasteiger partial charge is 0.394 e. The Morgan fingerprint density at radius 3 is 2.20 bits per heavy atom. The smallest absolute Gasteiger partial charge is 0.187 e. The molecule has 0 unspecified atom stereocenters. The summed E-state index contributed by atoms with van der Waals surface area (Å²) >= 11 is 0. The van der Waals surface area contributed by atoms with E-state index < -0.39 is 72.7 Å². The van der Waals surface area contributed by atoms with Crippen molar-refractivity contribution in [1.82, 2.24) is 0 Å². The quantitative estimate of drug-likeness (QED) is 0.181. The number of hydrogen-bond acceptors (Lipinski definition) is 10. The fourth-order valence-electron chi connectivity index (χ4n) is 12.1. The predicted molar refractivity (Wildman–Crippen MR) is 171 cm³/mol. The van der Waals surface area contributed by atoms with Gasteiger partial charge in [0.15, 0.2) is 6.29 Å². The molecule has 1 saturated heterocycles. The van der Waals surface area contributed by atoms with Gasteiger partial charge in [-0.25, -0.2) is 0 Å². The highest BCUT2D eigenvalue weighted by Gasteiger charge is 2.73. The monoisotopic (exact) mass is 654 g/mol. The second-order valence-electron chi connectivity index (χ2n) is 17.5. The average molecular weight is 655 g/mol. The van der Waals surface area contributed by atoms with Gasteiger partial charge in [0.2, 0.25) is 0 Å². The lowest BCUT2D eigenvalue weighted by atomic mass is 9.34. The van der Waals surface area contributed by atoms with Crippen molar-refractivity contribution in [2.45, 2.75) is 161 Å². The van der Waals surface area contributed by atoms with E-state index in [4.69, 9.17) is 9.47 Å². The summed E-state index contributed by atoms with van der Waals surface area (Å²) in [6, 6.07) is 0. The Bertz CT molecular complexity index is 1130. The topological polar surface area (TPSA) is 180 Å². The van der Waals surface area contributed by atoms with E-state index in [1.807, 2.05) is 6.92 Å². The fourth-order valence-corrected chi connectivity index (χ4v) is 12.1. The van der Waals surface area contributed by atoms with Crippen molar-refractivity contribution >= 4 is 0 Å². The number of rotatable bonds is 8. The maximum absolute atomic E-state index is 12.2. The van der Waals surface area contributed by atoms with Crippen LogP contribution in [0.4, 0.5) is 0 Å². The highest BCUT2D eigenvalue weighted by molar-refractivity contribution is 5.21. The van der Waals surface area contributed by atoms with E-state index >= 15 is 0 Å². The van der Waals surface area contributed by atoms with Gasteiger partial charge in [-0.15, -0.1) is 0 Å². The van der Waals surface area contributed by atoms with E-state index in [9.17, 15) is 40.9 Å². The van der Waals surface area contributed by atoms with Gasteiger partial charge in [-0.3, -0.25) is 0 Å². The van der Waals surface area contributed by atoms with Gasteiger partial charge < -0.3 is 50.3 Å². The van der Waals surface area contributed by atoms with Crippen LogP contribution in [-0.4, -0.2) is 108 Å². The van der Waals surface area contributed by atoms with Crippen LogP contribution in [0.3, 0.4) is 0 Å². The van der Waals surface area contributed by atoms with Gasteiger partial charge in [0.25, 0.3) is 0 Å². The van der Waals surface area contributed by atoms with Crippen LogP contribution >= 0.6 is 0 Å². The van der Waals surface area contributed by atoms with Crippen molar-refractivity contribution in [1.29, 1.82) is 0 Å². The molecular formula is C36H62O10.